The van der Waals surface area contributed by atoms with Crippen molar-refractivity contribution < 1.29 is 27.9 Å². The highest BCUT2D eigenvalue weighted by Crippen LogP contribution is 2.12. The number of hydrogen-bond donors (Lipinski definition) is 1. The maximum absolute atomic E-state index is 11.7. The zero-order valence-electron chi connectivity index (χ0n) is 14.8. The molecule has 1 atom stereocenters. The van der Waals surface area contributed by atoms with E-state index in [1.54, 1.807) is 30.3 Å². The Kier molecular flexibility index (Phi) is 8.05. The second-order valence-corrected chi connectivity index (χ2v) is 8.05. The van der Waals surface area contributed by atoms with Crippen molar-refractivity contribution in [1.82, 2.24) is 4.90 Å². The minimum atomic E-state index is -3.45. The van der Waals surface area contributed by atoms with Crippen molar-refractivity contribution in [3.05, 3.63) is 54.2 Å². The minimum Gasteiger partial charge on any atom is -0.465 e. The van der Waals surface area contributed by atoms with Gasteiger partial charge in [-0.15, -0.1) is 0 Å². The lowest BCUT2D eigenvalue weighted by atomic mass is 10.2. The molecule has 7 nitrogen and oxygen atoms in total. The number of ether oxygens (including phenoxy) is 1. The molecule has 1 amide bonds. The highest BCUT2D eigenvalue weighted by molar-refractivity contribution is 7.90. The Morgan fingerprint density at radius 2 is 1.92 bits per heavy atom. The molecule has 0 bridgehead atoms. The Balaban J connectivity index is 2.94. The fourth-order valence-corrected chi connectivity index (χ4v) is 3.16. The van der Waals surface area contributed by atoms with Crippen LogP contribution in [0.25, 0.3) is 6.08 Å². The van der Waals surface area contributed by atoms with Gasteiger partial charge in [-0.1, -0.05) is 36.9 Å². The van der Waals surface area contributed by atoms with Gasteiger partial charge in [0.1, 0.15) is 9.84 Å². The molecule has 1 rings (SSSR count). The van der Waals surface area contributed by atoms with Gasteiger partial charge >= 0.3 is 12.1 Å². The van der Waals surface area contributed by atoms with Crippen molar-refractivity contribution >= 4 is 28.0 Å². The van der Waals surface area contributed by atoms with Crippen LogP contribution in [0.3, 0.4) is 0 Å². The molecule has 0 fully saturated rings. The third kappa shape index (κ3) is 7.98. The number of sulfone groups is 1. The maximum atomic E-state index is 11.7. The summed E-state index contributed by atoms with van der Waals surface area (Å²) in [4.78, 5) is 24.0. The van der Waals surface area contributed by atoms with Crippen LogP contribution in [-0.2, 0) is 19.4 Å². The average Bonchev–Trinajstić information content (AvgIpc) is 2.53. The van der Waals surface area contributed by atoms with Crippen LogP contribution in [0.2, 0.25) is 0 Å². The molecule has 0 aliphatic heterocycles. The summed E-state index contributed by atoms with van der Waals surface area (Å²) in [6.45, 7) is 4.82. The van der Waals surface area contributed by atoms with Crippen LogP contribution in [0.1, 0.15) is 18.9 Å². The van der Waals surface area contributed by atoms with Gasteiger partial charge < -0.3 is 9.84 Å². The molecule has 0 aliphatic rings. The van der Waals surface area contributed by atoms with Gasteiger partial charge in [0, 0.05) is 24.4 Å². The van der Waals surface area contributed by atoms with Crippen LogP contribution < -0.4 is 0 Å². The van der Waals surface area contributed by atoms with Crippen LogP contribution in [0, 0.1) is 0 Å². The Labute approximate surface area is 153 Å². The summed E-state index contributed by atoms with van der Waals surface area (Å²) in [6, 6.07) is 8.12. The van der Waals surface area contributed by atoms with Crippen LogP contribution in [0.4, 0.5) is 4.79 Å². The Hall–Kier alpha value is -2.61. The molecule has 0 radical (unpaired) electrons. The summed E-state index contributed by atoms with van der Waals surface area (Å²) in [7, 11) is -3.45. The standard InChI is InChI=1S/C18H23NO6S/c1-14(2)17(20)25-12-10-16(13-26(3,23)24)19(18(21)22)11-9-15-7-5-4-6-8-15/h4-9,11,16H,1,10,12-13H2,2-3H3,(H,21,22). The lowest BCUT2D eigenvalue weighted by molar-refractivity contribution is -0.139. The van der Waals surface area contributed by atoms with Crippen LogP contribution in [0.5, 0.6) is 0 Å². The summed E-state index contributed by atoms with van der Waals surface area (Å²) in [5.74, 6) is -0.993. The first-order valence-corrected chi connectivity index (χ1v) is 9.91. The quantitative estimate of drug-likeness (QED) is 0.521. The number of carbonyl (C=O) groups is 2. The van der Waals surface area contributed by atoms with E-state index in [0.29, 0.717) is 0 Å². The number of hydrogen-bond acceptors (Lipinski definition) is 5. The zero-order chi connectivity index (χ0) is 19.7. The van der Waals surface area contributed by atoms with Gasteiger partial charge in [-0.2, -0.15) is 0 Å². The topological polar surface area (TPSA) is 101 Å². The van der Waals surface area contributed by atoms with Gasteiger partial charge in [-0.05, 0) is 18.6 Å². The molecule has 0 aliphatic carbocycles. The smallest absolute Gasteiger partial charge is 0.411 e. The molecule has 0 spiro atoms. The Bertz CT molecular complexity index is 770. The van der Waals surface area contributed by atoms with Crippen LogP contribution in [0.15, 0.2) is 48.7 Å². The molecule has 0 saturated heterocycles. The van der Waals surface area contributed by atoms with E-state index in [4.69, 9.17) is 4.74 Å². The minimum absolute atomic E-state index is 0.0392. The van der Waals surface area contributed by atoms with Gasteiger partial charge in [0.05, 0.1) is 18.4 Å². The Morgan fingerprint density at radius 3 is 2.42 bits per heavy atom. The van der Waals surface area contributed by atoms with Crippen LogP contribution in [-0.4, -0.2) is 55.1 Å². The van der Waals surface area contributed by atoms with E-state index in [0.717, 1.165) is 16.7 Å². The van der Waals surface area contributed by atoms with Crippen molar-refractivity contribution in [2.75, 3.05) is 18.6 Å². The van der Waals surface area contributed by atoms with Crippen molar-refractivity contribution in [3.63, 3.8) is 0 Å². The SMILES string of the molecule is C=C(C)C(=O)OCCC(CS(C)(=O)=O)N(C=Cc1ccccc1)C(=O)O. The summed E-state index contributed by atoms with van der Waals surface area (Å²) in [5.41, 5.74) is 0.981. The van der Waals surface area contributed by atoms with Gasteiger partial charge in [0.2, 0.25) is 0 Å². The molecule has 1 aromatic carbocycles. The molecule has 1 unspecified atom stereocenters. The Morgan fingerprint density at radius 1 is 1.31 bits per heavy atom. The van der Waals surface area contributed by atoms with E-state index in [1.165, 1.54) is 13.1 Å². The third-order valence-electron chi connectivity index (χ3n) is 3.37. The second kappa shape index (κ2) is 9.76. The number of nitrogens with zero attached hydrogens (tertiary/aromatic N) is 1. The molecule has 0 saturated carbocycles. The van der Waals surface area contributed by atoms with Crippen molar-refractivity contribution in [2.24, 2.45) is 0 Å². The highest BCUT2D eigenvalue weighted by Gasteiger charge is 2.25. The predicted molar refractivity (Wildman–Crippen MR) is 99.2 cm³/mol. The largest absolute Gasteiger partial charge is 0.465 e. The zero-order valence-corrected chi connectivity index (χ0v) is 15.6. The number of rotatable bonds is 9. The van der Waals surface area contributed by atoms with Crippen LogP contribution >= 0.6 is 0 Å². The van der Waals surface area contributed by atoms with E-state index in [1.807, 2.05) is 6.07 Å². The van der Waals surface area contributed by atoms with Crippen molar-refractivity contribution in [1.29, 1.82) is 0 Å². The number of amides is 1. The molecule has 1 N–H and O–H groups in total. The summed E-state index contributed by atoms with van der Waals surface area (Å²) in [6.07, 6.45) is 2.66. The lowest BCUT2D eigenvalue weighted by Crippen LogP contribution is -2.40. The summed E-state index contributed by atoms with van der Waals surface area (Å²) >= 11 is 0. The molecular formula is C18H23NO6S. The number of benzene rings is 1. The van der Waals surface area contributed by atoms with E-state index in [2.05, 4.69) is 6.58 Å². The molecule has 142 valence electrons. The van der Waals surface area contributed by atoms with Crippen molar-refractivity contribution in [2.45, 2.75) is 19.4 Å². The fraction of sp³-hybridized carbons (Fsp3) is 0.333. The van der Waals surface area contributed by atoms with Crippen molar-refractivity contribution in [3.8, 4) is 0 Å². The molecule has 0 heterocycles. The van der Waals surface area contributed by atoms with E-state index in [9.17, 15) is 23.1 Å². The van der Waals surface area contributed by atoms with Gasteiger partial charge in [-0.3, -0.25) is 4.90 Å². The maximum Gasteiger partial charge on any atom is 0.411 e. The van der Waals surface area contributed by atoms with Gasteiger partial charge in [0.25, 0.3) is 0 Å². The van der Waals surface area contributed by atoms with E-state index in [-0.39, 0.29) is 24.4 Å². The molecule has 0 aromatic heterocycles. The number of esters is 1. The number of carboxylic acid groups (broad SMARTS) is 1. The predicted octanol–water partition coefficient (Wildman–Crippen LogP) is 2.56. The third-order valence-corrected chi connectivity index (χ3v) is 4.36. The molecular weight excluding hydrogens is 358 g/mol. The molecule has 8 heteroatoms. The van der Waals surface area contributed by atoms with Gasteiger partial charge in [0.15, 0.2) is 0 Å². The molecule has 26 heavy (non-hydrogen) atoms. The molecule has 1 aromatic rings. The van der Waals surface area contributed by atoms with Gasteiger partial charge in [-0.25, -0.2) is 18.0 Å². The monoisotopic (exact) mass is 381 g/mol. The fourth-order valence-electron chi connectivity index (χ4n) is 2.14. The first kappa shape index (κ1) is 21.4. The van der Waals surface area contributed by atoms with E-state index >= 15 is 0 Å². The van der Waals surface area contributed by atoms with E-state index < -0.39 is 27.9 Å². The average molecular weight is 381 g/mol. The first-order chi connectivity index (χ1) is 12.1. The highest BCUT2D eigenvalue weighted by atomic mass is 32.2. The normalized spacial score (nSPS) is 12.5. The first-order valence-electron chi connectivity index (χ1n) is 7.85. The summed E-state index contributed by atoms with van der Waals surface area (Å²) in [5, 5.41) is 9.47. The lowest BCUT2D eigenvalue weighted by Gasteiger charge is -2.25. The summed E-state index contributed by atoms with van der Waals surface area (Å²) < 4.78 is 28.3. The second-order valence-electron chi connectivity index (χ2n) is 5.87. The number of carbonyl (C=O) groups excluding carboxylic acids is 1.